The summed E-state index contributed by atoms with van der Waals surface area (Å²) >= 11 is 0. The number of nitrogens with two attached hydrogens (primary N) is 1. The van der Waals surface area contributed by atoms with E-state index in [0.717, 1.165) is 36.6 Å². The number of aromatic nitrogens is 1. The third kappa shape index (κ3) is 5.80. The average molecular weight is 383 g/mol. The van der Waals surface area contributed by atoms with Gasteiger partial charge in [0.1, 0.15) is 5.82 Å². The molecule has 1 saturated heterocycles. The molecule has 0 unspecified atom stereocenters. The van der Waals surface area contributed by atoms with E-state index in [1.165, 1.54) is 12.8 Å². The molecule has 136 valence electrons. The summed E-state index contributed by atoms with van der Waals surface area (Å²) in [4.78, 5) is 18.8. The molecular formula is C18H24Cl2N4O. The number of hydrogen-bond acceptors (Lipinski definition) is 4. The summed E-state index contributed by atoms with van der Waals surface area (Å²) < 4.78 is 0. The summed E-state index contributed by atoms with van der Waals surface area (Å²) in [7, 11) is 0. The van der Waals surface area contributed by atoms with Crippen molar-refractivity contribution in [1.82, 2.24) is 10.3 Å². The Morgan fingerprint density at radius 3 is 2.36 bits per heavy atom. The molecule has 3 rings (SSSR count). The van der Waals surface area contributed by atoms with Gasteiger partial charge in [0.05, 0.1) is 5.56 Å². The van der Waals surface area contributed by atoms with Crippen molar-refractivity contribution in [3.8, 4) is 0 Å². The first-order valence-corrected chi connectivity index (χ1v) is 8.06. The van der Waals surface area contributed by atoms with Crippen molar-refractivity contribution in [2.75, 3.05) is 30.3 Å². The van der Waals surface area contributed by atoms with Gasteiger partial charge in [-0.25, -0.2) is 4.98 Å². The van der Waals surface area contributed by atoms with Crippen LogP contribution >= 0.6 is 24.8 Å². The van der Waals surface area contributed by atoms with Gasteiger partial charge in [0.15, 0.2) is 0 Å². The van der Waals surface area contributed by atoms with Gasteiger partial charge in [0.25, 0.3) is 5.91 Å². The van der Waals surface area contributed by atoms with Gasteiger partial charge in [-0.15, -0.1) is 24.8 Å². The summed E-state index contributed by atoms with van der Waals surface area (Å²) in [6.45, 7) is 2.71. The number of amides is 1. The number of halogens is 2. The molecule has 2 aromatic rings. The van der Waals surface area contributed by atoms with Crippen LogP contribution in [0.25, 0.3) is 0 Å². The van der Waals surface area contributed by atoms with Crippen LogP contribution in [0.15, 0.2) is 42.6 Å². The Labute approximate surface area is 160 Å². The summed E-state index contributed by atoms with van der Waals surface area (Å²) in [5.41, 5.74) is 8.17. The zero-order chi connectivity index (χ0) is 16.1. The van der Waals surface area contributed by atoms with Crippen LogP contribution in [0.5, 0.6) is 0 Å². The third-order valence-electron chi connectivity index (χ3n) is 4.12. The van der Waals surface area contributed by atoms with E-state index >= 15 is 0 Å². The van der Waals surface area contributed by atoms with Gasteiger partial charge in [0, 0.05) is 31.5 Å². The minimum Gasteiger partial charge on any atom is -0.399 e. The molecule has 7 heteroatoms. The molecule has 0 spiro atoms. The molecule has 0 bridgehead atoms. The minimum absolute atomic E-state index is 0. The van der Waals surface area contributed by atoms with E-state index in [2.05, 4.69) is 15.2 Å². The van der Waals surface area contributed by atoms with Gasteiger partial charge in [-0.05, 0) is 49.1 Å². The Kier molecular flexibility index (Phi) is 8.52. The molecule has 1 amide bonds. The largest absolute Gasteiger partial charge is 0.399 e. The van der Waals surface area contributed by atoms with Gasteiger partial charge in [0.2, 0.25) is 0 Å². The summed E-state index contributed by atoms with van der Waals surface area (Å²) in [5, 5.41) is 2.93. The highest BCUT2D eigenvalue weighted by Crippen LogP contribution is 2.17. The van der Waals surface area contributed by atoms with Gasteiger partial charge in [-0.3, -0.25) is 4.79 Å². The molecule has 3 N–H and O–H groups in total. The summed E-state index contributed by atoms with van der Waals surface area (Å²) in [5.74, 6) is 0.877. The maximum Gasteiger partial charge on any atom is 0.252 e. The zero-order valence-corrected chi connectivity index (χ0v) is 15.6. The van der Waals surface area contributed by atoms with Crippen LogP contribution in [0, 0.1) is 0 Å². The third-order valence-corrected chi connectivity index (χ3v) is 4.12. The number of nitrogens with one attached hydrogen (secondary N) is 1. The Hall–Kier alpha value is -1.98. The SMILES string of the molecule is Cl.Cl.Nc1ccc(CCNC(=O)c2ccc(N3CCCC3)nc2)cc1. The van der Waals surface area contributed by atoms with Crippen molar-refractivity contribution in [2.24, 2.45) is 0 Å². The average Bonchev–Trinajstić information content (AvgIpc) is 3.11. The van der Waals surface area contributed by atoms with Gasteiger partial charge >= 0.3 is 0 Å². The van der Waals surface area contributed by atoms with Crippen LogP contribution in [-0.2, 0) is 6.42 Å². The number of pyridine rings is 1. The summed E-state index contributed by atoms with van der Waals surface area (Å²) in [6.07, 6.45) is 4.88. The van der Waals surface area contributed by atoms with E-state index in [9.17, 15) is 4.79 Å². The molecule has 1 aliphatic rings. The van der Waals surface area contributed by atoms with Gasteiger partial charge in [-0.2, -0.15) is 0 Å². The second-order valence-electron chi connectivity index (χ2n) is 5.85. The lowest BCUT2D eigenvalue weighted by molar-refractivity contribution is 0.0954. The number of rotatable bonds is 5. The molecule has 1 aromatic heterocycles. The van der Waals surface area contributed by atoms with E-state index in [0.29, 0.717) is 12.1 Å². The molecule has 25 heavy (non-hydrogen) atoms. The highest BCUT2D eigenvalue weighted by molar-refractivity contribution is 5.94. The molecule has 0 saturated carbocycles. The van der Waals surface area contributed by atoms with Gasteiger partial charge in [-0.1, -0.05) is 12.1 Å². The Morgan fingerprint density at radius 2 is 1.76 bits per heavy atom. The Morgan fingerprint density at radius 1 is 1.08 bits per heavy atom. The minimum atomic E-state index is -0.0825. The van der Waals surface area contributed by atoms with E-state index in [1.807, 2.05) is 36.4 Å². The van der Waals surface area contributed by atoms with Crippen molar-refractivity contribution in [1.29, 1.82) is 0 Å². The number of nitrogens with zero attached hydrogens (tertiary/aromatic N) is 2. The van der Waals surface area contributed by atoms with E-state index in [4.69, 9.17) is 5.73 Å². The van der Waals surface area contributed by atoms with Crippen molar-refractivity contribution < 1.29 is 4.79 Å². The lowest BCUT2D eigenvalue weighted by atomic mass is 10.1. The molecule has 1 aliphatic heterocycles. The highest BCUT2D eigenvalue weighted by atomic mass is 35.5. The fourth-order valence-electron chi connectivity index (χ4n) is 2.76. The highest BCUT2D eigenvalue weighted by Gasteiger charge is 2.14. The summed E-state index contributed by atoms with van der Waals surface area (Å²) in [6, 6.07) is 11.5. The first-order valence-electron chi connectivity index (χ1n) is 8.06. The van der Waals surface area contributed by atoms with Crippen molar-refractivity contribution >= 4 is 42.2 Å². The predicted molar refractivity (Wildman–Crippen MR) is 107 cm³/mol. The topological polar surface area (TPSA) is 71.2 Å². The number of benzene rings is 1. The molecule has 5 nitrogen and oxygen atoms in total. The monoisotopic (exact) mass is 382 g/mol. The Bertz CT molecular complexity index is 656. The predicted octanol–water partition coefficient (Wildman–Crippen LogP) is 3.08. The second kappa shape index (κ2) is 10.1. The van der Waals surface area contributed by atoms with Crippen LogP contribution in [0.1, 0.15) is 28.8 Å². The number of anilines is 2. The second-order valence-corrected chi connectivity index (χ2v) is 5.85. The maximum absolute atomic E-state index is 12.1. The lowest BCUT2D eigenvalue weighted by Crippen LogP contribution is -2.26. The molecule has 0 atom stereocenters. The van der Waals surface area contributed by atoms with Crippen molar-refractivity contribution in [3.05, 3.63) is 53.7 Å². The maximum atomic E-state index is 12.1. The van der Waals surface area contributed by atoms with E-state index < -0.39 is 0 Å². The van der Waals surface area contributed by atoms with E-state index in [-0.39, 0.29) is 30.7 Å². The molecule has 1 fully saturated rings. The van der Waals surface area contributed by atoms with Crippen LogP contribution < -0.4 is 16.0 Å². The first-order chi connectivity index (χ1) is 11.2. The van der Waals surface area contributed by atoms with Crippen LogP contribution in [0.4, 0.5) is 11.5 Å². The quantitative estimate of drug-likeness (QED) is 0.779. The van der Waals surface area contributed by atoms with E-state index in [1.54, 1.807) is 6.20 Å². The zero-order valence-electron chi connectivity index (χ0n) is 14.0. The number of hydrogen-bond donors (Lipinski definition) is 2. The fraction of sp³-hybridized carbons (Fsp3) is 0.333. The number of carbonyl (C=O) groups is 1. The van der Waals surface area contributed by atoms with Crippen LogP contribution in [-0.4, -0.2) is 30.5 Å². The molecule has 0 aliphatic carbocycles. The molecule has 2 heterocycles. The van der Waals surface area contributed by atoms with Crippen LogP contribution in [0.3, 0.4) is 0 Å². The lowest BCUT2D eigenvalue weighted by Gasteiger charge is -2.16. The fourth-order valence-corrected chi connectivity index (χ4v) is 2.76. The smallest absolute Gasteiger partial charge is 0.252 e. The first kappa shape index (κ1) is 21.1. The van der Waals surface area contributed by atoms with Crippen molar-refractivity contribution in [3.63, 3.8) is 0 Å². The standard InChI is InChI=1S/C18H22N4O.2ClH/c19-16-6-3-14(4-7-16)9-10-20-18(23)15-5-8-17(21-13-15)22-11-1-2-12-22;;/h3-8,13H,1-2,9-12,19H2,(H,20,23);2*1H. The van der Waals surface area contributed by atoms with Gasteiger partial charge < -0.3 is 16.0 Å². The number of nitrogen functional groups attached to an aromatic ring is 1. The molecular weight excluding hydrogens is 359 g/mol. The Balaban J connectivity index is 0.00000156. The molecule has 0 radical (unpaired) electrons. The van der Waals surface area contributed by atoms with Crippen molar-refractivity contribution in [2.45, 2.75) is 19.3 Å². The normalized spacial score (nSPS) is 12.9. The number of carbonyl (C=O) groups excluding carboxylic acids is 1. The molecule has 1 aromatic carbocycles. The van der Waals surface area contributed by atoms with Crippen LogP contribution in [0.2, 0.25) is 0 Å².